The Morgan fingerprint density at radius 2 is 2.14 bits per heavy atom. The standard InChI is InChI=1S/C13H15ClIN5O/c1-8(21)19-4-2-9(3-5-19)6-20-7-16-12-10(20)11(14)17-13(15)18-12/h7,9H,2-6H2,1H3. The summed E-state index contributed by atoms with van der Waals surface area (Å²) in [5.74, 6) is 0.681. The second kappa shape index (κ2) is 6.04. The van der Waals surface area contributed by atoms with E-state index >= 15 is 0 Å². The molecule has 112 valence electrons. The first-order valence-corrected chi connectivity index (χ1v) is 8.29. The van der Waals surface area contributed by atoms with Gasteiger partial charge in [-0.15, -0.1) is 0 Å². The molecular weight excluding hydrogens is 405 g/mol. The smallest absolute Gasteiger partial charge is 0.219 e. The first-order chi connectivity index (χ1) is 10.0. The van der Waals surface area contributed by atoms with Crippen LogP contribution in [0.25, 0.3) is 11.2 Å². The first kappa shape index (κ1) is 15.0. The third-order valence-electron chi connectivity index (χ3n) is 3.92. The van der Waals surface area contributed by atoms with E-state index in [1.807, 2.05) is 32.1 Å². The molecule has 0 atom stereocenters. The van der Waals surface area contributed by atoms with Gasteiger partial charge in [0.2, 0.25) is 5.91 Å². The fourth-order valence-corrected chi connectivity index (χ4v) is 3.64. The topological polar surface area (TPSA) is 63.9 Å². The Hall–Kier alpha value is -0.960. The van der Waals surface area contributed by atoms with Crippen LogP contribution in [0.3, 0.4) is 0 Å². The molecule has 2 aromatic rings. The molecule has 0 N–H and O–H groups in total. The van der Waals surface area contributed by atoms with Crippen molar-refractivity contribution in [2.75, 3.05) is 13.1 Å². The van der Waals surface area contributed by atoms with Crippen LogP contribution < -0.4 is 0 Å². The van der Waals surface area contributed by atoms with Crippen LogP contribution in [0.2, 0.25) is 5.15 Å². The molecule has 8 heteroatoms. The molecule has 1 aliphatic rings. The van der Waals surface area contributed by atoms with Gasteiger partial charge in [0, 0.05) is 49.1 Å². The highest BCUT2D eigenvalue weighted by Crippen LogP contribution is 2.24. The molecule has 0 bridgehead atoms. The second-order valence-corrected chi connectivity index (χ2v) is 6.62. The zero-order valence-corrected chi connectivity index (χ0v) is 14.5. The van der Waals surface area contributed by atoms with E-state index in [4.69, 9.17) is 11.6 Å². The van der Waals surface area contributed by atoms with Crippen LogP contribution >= 0.6 is 34.2 Å². The number of halogens is 2. The maximum atomic E-state index is 11.3. The highest BCUT2D eigenvalue weighted by Gasteiger charge is 2.22. The van der Waals surface area contributed by atoms with Crippen LogP contribution in [0.15, 0.2) is 6.33 Å². The van der Waals surface area contributed by atoms with Gasteiger partial charge in [0.1, 0.15) is 5.52 Å². The SMILES string of the molecule is CC(=O)N1CCC(Cn2cnc3nc(I)nc(Cl)c32)CC1. The van der Waals surface area contributed by atoms with E-state index in [1.165, 1.54) is 0 Å². The summed E-state index contributed by atoms with van der Waals surface area (Å²) in [4.78, 5) is 26.0. The zero-order valence-electron chi connectivity index (χ0n) is 11.6. The van der Waals surface area contributed by atoms with E-state index in [1.54, 1.807) is 13.3 Å². The van der Waals surface area contributed by atoms with Gasteiger partial charge in [0.25, 0.3) is 0 Å². The third kappa shape index (κ3) is 3.13. The number of hydrogen-bond acceptors (Lipinski definition) is 4. The summed E-state index contributed by atoms with van der Waals surface area (Å²) in [5.41, 5.74) is 1.44. The molecule has 1 amide bonds. The number of imidazole rings is 1. The molecule has 21 heavy (non-hydrogen) atoms. The number of amides is 1. The number of aromatic nitrogens is 4. The van der Waals surface area contributed by atoms with Crippen molar-refractivity contribution < 1.29 is 4.79 Å². The summed E-state index contributed by atoms with van der Waals surface area (Å²) in [6.07, 6.45) is 3.78. The number of likely N-dealkylation sites (tertiary alicyclic amines) is 1. The Labute approximate surface area is 141 Å². The monoisotopic (exact) mass is 419 g/mol. The quantitative estimate of drug-likeness (QED) is 0.426. The number of nitrogens with zero attached hydrogens (tertiary/aromatic N) is 5. The average molecular weight is 420 g/mol. The molecule has 2 aromatic heterocycles. The summed E-state index contributed by atoms with van der Waals surface area (Å²) in [6.45, 7) is 4.12. The lowest BCUT2D eigenvalue weighted by Crippen LogP contribution is -2.37. The van der Waals surface area contributed by atoms with Crippen LogP contribution in [-0.4, -0.2) is 43.4 Å². The fourth-order valence-electron chi connectivity index (χ4n) is 2.76. The predicted molar refractivity (Wildman–Crippen MR) is 88.0 cm³/mol. The molecule has 3 rings (SSSR count). The van der Waals surface area contributed by atoms with Crippen molar-refractivity contribution in [3.63, 3.8) is 0 Å². The summed E-state index contributed by atoms with van der Waals surface area (Å²) in [5, 5.41) is 0.447. The Bertz CT molecular complexity index is 680. The van der Waals surface area contributed by atoms with Crippen molar-refractivity contribution in [1.82, 2.24) is 24.4 Å². The normalized spacial score (nSPS) is 16.6. The van der Waals surface area contributed by atoms with E-state index < -0.39 is 0 Å². The molecule has 1 aliphatic heterocycles. The number of rotatable bonds is 2. The van der Waals surface area contributed by atoms with Gasteiger partial charge in [0.15, 0.2) is 14.6 Å². The van der Waals surface area contributed by atoms with E-state index in [9.17, 15) is 4.79 Å². The molecule has 0 saturated carbocycles. The largest absolute Gasteiger partial charge is 0.343 e. The van der Waals surface area contributed by atoms with Crippen molar-refractivity contribution in [2.24, 2.45) is 5.92 Å². The summed E-state index contributed by atoms with van der Waals surface area (Å²) in [6, 6.07) is 0. The van der Waals surface area contributed by atoms with E-state index in [0.29, 0.717) is 20.5 Å². The van der Waals surface area contributed by atoms with Crippen LogP contribution in [-0.2, 0) is 11.3 Å². The lowest BCUT2D eigenvalue weighted by molar-refractivity contribution is -0.130. The van der Waals surface area contributed by atoms with Gasteiger partial charge in [-0.05, 0) is 18.8 Å². The van der Waals surface area contributed by atoms with Crippen LogP contribution in [0.4, 0.5) is 0 Å². The number of carbonyl (C=O) groups is 1. The summed E-state index contributed by atoms with van der Waals surface area (Å²) >= 11 is 8.25. The number of hydrogen-bond donors (Lipinski definition) is 0. The molecular formula is C13H15ClIN5O. The van der Waals surface area contributed by atoms with Crippen molar-refractivity contribution >= 4 is 51.3 Å². The van der Waals surface area contributed by atoms with Crippen molar-refractivity contribution in [3.8, 4) is 0 Å². The van der Waals surface area contributed by atoms with Crippen molar-refractivity contribution in [1.29, 1.82) is 0 Å². The van der Waals surface area contributed by atoms with Gasteiger partial charge >= 0.3 is 0 Å². The maximum Gasteiger partial charge on any atom is 0.219 e. The lowest BCUT2D eigenvalue weighted by atomic mass is 9.96. The zero-order chi connectivity index (χ0) is 15.0. The Balaban J connectivity index is 1.76. The van der Waals surface area contributed by atoms with Crippen molar-refractivity contribution in [3.05, 3.63) is 15.3 Å². The molecule has 0 radical (unpaired) electrons. The molecule has 1 saturated heterocycles. The molecule has 1 fully saturated rings. The predicted octanol–water partition coefficient (Wildman–Crippen LogP) is 2.34. The van der Waals surface area contributed by atoms with Crippen LogP contribution in [0.5, 0.6) is 0 Å². The lowest BCUT2D eigenvalue weighted by Gasteiger charge is -2.31. The van der Waals surface area contributed by atoms with Gasteiger partial charge in [-0.25, -0.2) is 15.0 Å². The van der Waals surface area contributed by atoms with E-state index in [-0.39, 0.29) is 5.91 Å². The van der Waals surface area contributed by atoms with E-state index in [2.05, 4.69) is 15.0 Å². The third-order valence-corrected chi connectivity index (χ3v) is 4.66. The van der Waals surface area contributed by atoms with Crippen LogP contribution in [0, 0.1) is 9.75 Å². The van der Waals surface area contributed by atoms with Gasteiger partial charge in [-0.3, -0.25) is 4.79 Å². The number of carbonyl (C=O) groups excluding carboxylic acids is 1. The minimum absolute atomic E-state index is 0.160. The molecule has 0 spiro atoms. The van der Waals surface area contributed by atoms with Gasteiger partial charge < -0.3 is 9.47 Å². The highest BCUT2D eigenvalue weighted by molar-refractivity contribution is 14.1. The number of piperidine rings is 1. The summed E-state index contributed by atoms with van der Waals surface area (Å²) < 4.78 is 2.63. The molecule has 0 unspecified atom stereocenters. The minimum atomic E-state index is 0.160. The molecule has 3 heterocycles. The molecule has 0 aliphatic carbocycles. The van der Waals surface area contributed by atoms with Crippen molar-refractivity contribution in [2.45, 2.75) is 26.3 Å². The molecule has 0 aromatic carbocycles. The average Bonchev–Trinajstić information content (AvgIpc) is 2.82. The Kier molecular flexibility index (Phi) is 4.30. The minimum Gasteiger partial charge on any atom is -0.343 e. The summed E-state index contributed by atoms with van der Waals surface area (Å²) in [7, 11) is 0. The maximum absolute atomic E-state index is 11.3. The molecule has 6 nitrogen and oxygen atoms in total. The Morgan fingerprint density at radius 1 is 1.43 bits per heavy atom. The number of fused-ring (bicyclic) bond motifs is 1. The Morgan fingerprint density at radius 3 is 2.81 bits per heavy atom. The first-order valence-electron chi connectivity index (χ1n) is 6.84. The van der Waals surface area contributed by atoms with Gasteiger partial charge in [-0.1, -0.05) is 11.6 Å². The fraction of sp³-hybridized carbons (Fsp3) is 0.538. The van der Waals surface area contributed by atoms with E-state index in [0.717, 1.165) is 38.0 Å². The van der Waals surface area contributed by atoms with Gasteiger partial charge in [0.05, 0.1) is 6.33 Å². The highest BCUT2D eigenvalue weighted by atomic mass is 127. The second-order valence-electron chi connectivity index (χ2n) is 5.30. The van der Waals surface area contributed by atoms with Gasteiger partial charge in [-0.2, -0.15) is 0 Å². The van der Waals surface area contributed by atoms with Crippen LogP contribution in [0.1, 0.15) is 19.8 Å².